The molecule has 0 spiro atoms. The number of nitriles is 1. The molecule has 9 nitrogen and oxygen atoms in total. The average molecular weight is 560 g/mol. The highest BCUT2D eigenvalue weighted by atomic mass is 32.2. The van der Waals surface area contributed by atoms with Gasteiger partial charge in [0.05, 0.1) is 47.9 Å². The number of hydrogen-bond acceptors (Lipinski definition) is 6. The molecule has 0 N–H and O–H groups in total. The van der Waals surface area contributed by atoms with Crippen LogP contribution < -0.4 is 4.90 Å². The largest absolute Gasteiger partial charge is 0.416 e. The van der Waals surface area contributed by atoms with Crippen LogP contribution in [0.5, 0.6) is 0 Å². The first kappa shape index (κ1) is 28.1. The van der Waals surface area contributed by atoms with Gasteiger partial charge in [-0.2, -0.15) is 18.4 Å². The van der Waals surface area contributed by atoms with Gasteiger partial charge in [-0.3, -0.25) is 9.80 Å². The van der Waals surface area contributed by atoms with Gasteiger partial charge in [0.1, 0.15) is 5.88 Å². The molecule has 4 rings (SSSR count). The van der Waals surface area contributed by atoms with E-state index in [2.05, 4.69) is 4.85 Å². The lowest BCUT2D eigenvalue weighted by molar-refractivity contribution is -0.137. The van der Waals surface area contributed by atoms with Gasteiger partial charge in [0, 0.05) is 31.5 Å². The number of allylic oxidation sites excluding steroid dienone is 1. The Morgan fingerprint density at radius 1 is 1.18 bits per heavy atom. The first-order valence-corrected chi connectivity index (χ1v) is 13.4. The van der Waals surface area contributed by atoms with Crippen LogP contribution in [-0.4, -0.2) is 63.5 Å². The van der Waals surface area contributed by atoms with Gasteiger partial charge in [0.15, 0.2) is 9.84 Å². The molecule has 1 fully saturated rings. The Balaban J connectivity index is 1.85. The van der Waals surface area contributed by atoms with Gasteiger partial charge < -0.3 is 9.64 Å². The first-order chi connectivity index (χ1) is 18.4. The van der Waals surface area contributed by atoms with Crippen LogP contribution in [0.1, 0.15) is 29.7 Å². The molecular weight excluding hydrogens is 535 g/mol. The van der Waals surface area contributed by atoms with Crippen molar-refractivity contribution in [1.82, 2.24) is 9.80 Å². The van der Waals surface area contributed by atoms with E-state index >= 15 is 0 Å². The molecule has 13 heteroatoms. The van der Waals surface area contributed by atoms with Crippen LogP contribution >= 0.6 is 0 Å². The van der Waals surface area contributed by atoms with Crippen molar-refractivity contribution in [3.05, 3.63) is 82.0 Å². The highest BCUT2D eigenvalue weighted by molar-refractivity contribution is 7.91. The van der Waals surface area contributed by atoms with E-state index in [1.54, 1.807) is 4.90 Å². The van der Waals surface area contributed by atoms with E-state index in [-0.39, 0.29) is 39.0 Å². The number of benzene rings is 2. The molecule has 0 radical (unpaired) electrons. The van der Waals surface area contributed by atoms with Gasteiger partial charge in [-0.05, 0) is 42.8 Å². The summed E-state index contributed by atoms with van der Waals surface area (Å²) in [5, 5.41) is 9.44. The molecule has 2 aliphatic rings. The molecular formula is C26H24F3N5O4S. The fraction of sp³-hybridized carbons (Fsp3) is 0.346. The fourth-order valence-electron chi connectivity index (χ4n) is 4.67. The maximum absolute atomic E-state index is 13.6. The first-order valence-electron chi connectivity index (χ1n) is 11.8. The second-order valence-electron chi connectivity index (χ2n) is 9.10. The Kier molecular flexibility index (Phi) is 7.70. The van der Waals surface area contributed by atoms with Crippen LogP contribution in [0, 0.1) is 17.9 Å². The van der Waals surface area contributed by atoms with Crippen molar-refractivity contribution >= 4 is 21.6 Å². The van der Waals surface area contributed by atoms with Crippen molar-refractivity contribution in [2.75, 3.05) is 44.1 Å². The Morgan fingerprint density at radius 3 is 2.49 bits per heavy atom. The summed E-state index contributed by atoms with van der Waals surface area (Å²) in [5.74, 6) is -0.352. The summed E-state index contributed by atoms with van der Waals surface area (Å²) in [4.78, 5) is 20.8. The number of anilines is 1. The van der Waals surface area contributed by atoms with Crippen molar-refractivity contribution < 1.29 is 31.1 Å². The lowest BCUT2D eigenvalue weighted by atomic mass is 9.97. The standard InChI is InChI=1S/C26H24F3N5O4S/c1-17-23(31-2)24(32(3)25(35)34(17)20-6-4-5-19(14-20)26(27,28)29)21-8-7-18(15-30)13-22(21)39(36,37)16-33-9-11-38-12-10-33/h4-8,13-14,24H,9-12,16H2,1,3H3/t24-/m1/s1. The minimum absolute atomic E-state index is 0.0398. The number of likely N-dealkylation sites (N-methyl/N-ethyl adjacent to an activating group) is 1. The number of carbonyl (C=O) groups is 1. The number of sulfone groups is 1. The van der Waals surface area contributed by atoms with Gasteiger partial charge in [-0.15, -0.1) is 0 Å². The quantitative estimate of drug-likeness (QED) is 0.504. The highest BCUT2D eigenvalue weighted by Gasteiger charge is 2.41. The number of ether oxygens (including phenoxy) is 1. The van der Waals surface area contributed by atoms with Gasteiger partial charge >= 0.3 is 12.2 Å². The third kappa shape index (κ3) is 5.47. The summed E-state index contributed by atoms with van der Waals surface area (Å²) >= 11 is 0. The number of amides is 2. The summed E-state index contributed by atoms with van der Waals surface area (Å²) in [5.41, 5.74) is -0.815. The van der Waals surface area contributed by atoms with E-state index in [0.717, 1.165) is 21.9 Å². The molecule has 2 amide bonds. The molecule has 39 heavy (non-hydrogen) atoms. The van der Waals surface area contributed by atoms with E-state index in [4.69, 9.17) is 11.3 Å². The number of nitrogens with zero attached hydrogens (tertiary/aromatic N) is 5. The molecule has 0 saturated carbocycles. The Bertz CT molecular complexity index is 1520. The van der Waals surface area contributed by atoms with Crippen molar-refractivity contribution in [1.29, 1.82) is 5.26 Å². The van der Waals surface area contributed by atoms with Gasteiger partial charge in [-0.1, -0.05) is 12.1 Å². The predicted octanol–water partition coefficient (Wildman–Crippen LogP) is 4.40. The van der Waals surface area contributed by atoms with E-state index in [9.17, 15) is 31.6 Å². The number of morpholine rings is 1. The summed E-state index contributed by atoms with van der Waals surface area (Å²) in [6.07, 6.45) is -4.64. The Labute approximate surface area is 224 Å². The van der Waals surface area contributed by atoms with Crippen molar-refractivity contribution in [2.24, 2.45) is 0 Å². The normalized spacial score (nSPS) is 19.2. The van der Waals surface area contributed by atoms with E-state index in [0.29, 0.717) is 26.3 Å². The van der Waals surface area contributed by atoms with Crippen LogP contribution in [0.3, 0.4) is 0 Å². The maximum Gasteiger partial charge on any atom is 0.416 e. The van der Waals surface area contributed by atoms with E-state index in [1.165, 1.54) is 44.3 Å². The number of hydrogen-bond donors (Lipinski definition) is 0. The fourth-order valence-corrected chi connectivity index (χ4v) is 6.39. The van der Waals surface area contributed by atoms with Crippen molar-refractivity contribution in [3.63, 3.8) is 0 Å². The molecule has 0 bridgehead atoms. The molecule has 204 valence electrons. The van der Waals surface area contributed by atoms with Crippen LogP contribution in [0.25, 0.3) is 4.85 Å². The molecule has 0 aliphatic carbocycles. The minimum Gasteiger partial charge on any atom is -0.379 e. The highest BCUT2D eigenvalue weighted by Crippen LogP contribution is 2.42. The van der Waals surface area contributed by atoms with Crippen molar-refractivity contribution in [2.45, 2.75) is 24.0 Å². The lowest BCUT2D eigenvalue weighted by Gasteiger charge is -2.40. The summed E-state index contributed by atoms with van der Waals surface area (Å²) in [6, 6.07) is 8.23. The molecule has 2 aromatic rings. The number of carbonyl (C=O) groups excluding carboxylic acids is 1. The van der Waals surface area contributed by atoms with E-state index in [1.807, 2.05) is 6.07 Å². The van der Waals surface area contributed by atoms with Crippen LogP contribution in [0.2, 0.25) is 0 Å². The number of rotatable bonds is 5. The SMILES string of the molecule is [C-]#[N+]C1=C(C)N(c2cccc(C(F)(F)F)c2)C(=O)N(C)[C@@H]1c1ccc(C#N)cc1S(=O)(=O)CN1CCOCC1. The number of halogens is 3. The van der Waals surface area contributed by atoms with Crippen LogP contribution in [0.4, 0.5) is 23.7 Å². The zero-order valence-corrected chi connectivity index (χ0v) is 21.9. The maximum atomic E-state index is 13.6. The smallest absolute Gasteiger partial charge is 0.379 e. The number of urea groups is 1. The molecule has 0 aromatic heterocycles. The van der Waals surface area contributed by atoms with Crippen LogP contribution in [0.15, 0.2) is 58.8 Å². The summed E-state index contributed by atoms with van der Waals surface area (Å²) in [6.45, 7) is 10.8. The minimum atomic E-state index is -4.64. The Morgan fingerprint density at radius 2 is 1.87 bits per heavy atom. The molecule has 2 heterocycles. The van der Waals surface area contributed by atoms with Gasteiger partial charge in [0.2, 0.25) is 5.70 Å². The summed E-state index contributed by atoms with van der Waals surface area (Å²) < 4.78 is 72.6. The third-order valence-corrected chi connectivity index (χ3v) is 8.35. The molecule has 1 atom stereocenters. The second-order valence-corrected chi connectivity index (χ2v) is 11.0. The average Bonchev–Trinajstić information content (AvgIpc) is 2.90. The molecule has 0 unspecified atom stereocenters. The predicted molar refractivity (Wildman–Crippen MR) is 135 cm³/mol. The second kappa shape index (κ2) is 10.7. The van der Waals surface area contributed by atoms with E-state index < -0.39 is 33.6 Å². The zero-order chi connectivity index (χ0) is 28.5. The van der Waals surface area contributed by atoms with Gasteiger partial charge in [-0.25, -0.2) is 18.1 Å². The zero-order valence-electron chi connectivity index (χ0n) is 21.1. The monoisotopic (exact) mass is 559 g/mol. The van der Waals surface area contributed by atoms with Gasteiger partial charge in [0.25, 0.3) is 0 Å². The van der Waals surface area contributed by atoms with Crippen molar-refractivity contribution in [3.8, 4) is 6.07 Å². The molecule has 2 aromatic carbocycles. The third-order valence-electron chi connectivity index (χ3n) is 6.63. The molecule has 1 saturated heterocycles. The molecule has 2 aliphatic heterocycles. The number of alkyl halides is 3. The Hall–Kier alpha value is -3.91. The topological polar surface area (TPSA) is 98.3 Å². The summed E-state index contributed by atoms with van der Waals surface area (Å²) in [7, 11) is -2.68. The van der Waals surface area contributed by atoms with Crippen LogP contribution in [-0.2, 0) is 20.8 Å². The lowest BCUT2D eigenvalue weighted by Crippen LogP contribution is -2.47.